The number of nitrogens with zero attached hydrogens (tertiary/aromatic N) is 3. The average molecular weight is 344 g/mol. The van der Waals surface area contributed by atoms with Crippen LogP contribution in [0, 0.1) is 30.6 Å². The van der Waals surface area contributed by atoms with Crippen LogP contribution in [0.2, 0.25) is 0 Å². The minimum Gasteiger partial charge on any atom is -0.356 e. The van der Waals surface area contributed by atoms with E-state index in [-0.39, 0.29) is 5.91 Å². The molecule has 1 N–H and O–H groups in total. The molecule has 2 aromatic rings. The number of piperidine rings is 1. The van der Waals surface area contributed by atoms with Crippen LogP contribution in [0.3, 0.4) is 0 Å². The van der Waals surface area contributed by atoms with Crippen molar-refractivity contribution in [3.05, 3.63) is 52.7 Å². The third-order valence-electron chi connectivity index (χ3n) is 4.46. The number of benzene rings is 1. The predicted molar refractivity (Wildman–Crippen MR) is 102 cm³/mol. The summed E-state index contributed by atoms with van der Waals surface area (Å²) < 4.78 is 0. The summed E-state index contributed by atoms with van der Waals surface area (Å²) in [6.07, 6.45) is 10.7. The van der Waals surface area contributed by atoms with E-state index in [9.17, 15) is 4.79 Å². The fourth-order valence-electron chi connectivity index (χ4n) is 3.18. The number of rotatable bonds is 3. The summed E-state index contributed by atoms with van der Waals surface area (Å²) in [5.41, 5.74) is 2.87. The molecule has 0 atom stereocenters. The number of aromatic nitrogens is 1. The standard InChI is InChI=1S/C21H20N4O/c1-3-16-10-17(13-22)12-18(11-16)21(26)24-19-9-15(2)20(23-14-19)25-7-5-4-6-8-25/h1,9-12,14H,4-8H2,2H3,(H,24,26). The van der Waals surface area contributed by atoms with Crippen LogP contribution in [0.5, 0.6) is 0 Å². The van der Waals surface area contributed by atoms with Gasteiger partial charge in [-0.3, -0.25) is 4.79 Å². The highest BCUT2D eigenvalue weighted by Crippen LogP contribution is 2.24. The number of nitriles is 1. The number of hydrogen-bond donors (Lipinski definition) is 1. The first-order valence-corrected chi connectivity index (χ1v) is 8.65. The number of nitrogens with one attached hydrogen (secondary N) is 1. The van der Waals surface area contributed by atoms with Crippen molar-refractivity contribution in [3.63, 3.8) is 0 Å². The number of anilines is 2. The van der Waals surface area contributed by atoms with Gasteiger partial charge >= 0.3 is 0 Å². The van der Waals surface area contributed by atoms with Gasteiger partial charge in [-0.25, -0.2) is 4.98 Å². The van der Waals surface area contributed by atoms with E-state index < -0.39 is 0 Å². The van der Waals surface area contributed by atoms with E-state index in [1.807, 2.05) is 19.1 Å². The summed E-state index contributed by atoms with van der Waals surface area (Å²) in [6.45, 7) is 4.05. The van der Waals surface area contributed by atoms with Crippen molar-refractivity contribution in [2.45, 2.75) is 26.2 Å². The van der Waals surface area contributed by atoms with Crippen molar-refractivity contribution >= 4 is 17.4 Å². The molecule has 1 saturated heterocycles. The third kappa shape index (κ3) is 3.84. The van der Waals surface area contributed by atoms with E-state index in [0.29, 0.717) is 22.4 Å². The molecule has 1 aromatic heterocycles. The quantitative estimate of drug-likeness (QED) is 0.866. The highest BCUT2D eigenvalue weighted by atomic mass is 16.1. The molecule has 1 amide bonds. The summed E-state index contributed by atoms with van der Waals surface area (Å²) >= 11 is 0. The van der Waals surface area contributed by atoms with E-state index in [4.69, 9.17) is 11.7 Å². The minimum atomic E-state index is -0.314. The molecular weight excluding hydrogens is 324 g/mol. The van der Waals surface area contributed by atoms with Gasteiger partial charge in [0.2, 0.25) is 0 Å². The summed E-state index contributed by atoms with van der Waals surface area (Å²) in [5, 5.41) is 11.9. The summed E-state index contributed by atoms with van der Waals surface area (Å²) in [5.74, 6) is 3.13. The number of carbonyl (C=O) groups is 1. The van der Waals surface area contributed by atoms with Gasteiger partial charge in [0.25, 0.3) is 5.91 Å². The monoisotopic (exact) mass is 344 g/mol. The number of carbonyl (C=O) groups excluding carboxylic acids is 1. The van der Waals surface area contributed by atoms with Crippen molar-refractivity contribution in [1.82, 2.24) is 4.98 Å². The lowest BCUT2D eigenvalue weighted by molar-refractivity contribution is 0.102. The van der Waals surface area contributed by atoms with Crippen LogP contribution in [-0.4, -0.2) is 24.0 Å². The van der Waals surface area contributed by atoms with Crippen LogP contribution in [0.25, 0.3) is 0 Å². The molecule has 2 heterocycles. The first-order valence-electron chi connectivity index (χ1n) is 8.65. The molecule has 1 fully saturated rings. The van der Waals surface area contributed by atoms with Crippen molar-refractivity contribution in [1.29, 1.82) is 5.26 Å². The predicted octanol–water partition coefficient (Wildman–Crippen LogP) is 3.49. The molecule has 0 radical (unpaired) electrons. The Labute approximate surface area is 153 Å². The van der Waals surface area contributed by atoms with Crippen molar-refractivity contribution in [3.8, 4) is 18.4 Å². The number of aryl methyl sites for hydroxylation is 1. The van der Waals surface area contributed by atoms with Gasteiger partial charge in [-0.05, 0) is 56.0 Å². The zero-order chi connectivity index (χ0) is 18.5. The molecule has 1 aliphatic heterocycles. The van der Waals surface area contributed by atoms with Crippen LogP contribution < -0.4 is 10.2 Å². The number of hydrogen-bond acceptors (Lipinski definition) is 4. The van der Waals surface area contributed by atoms with Gasteiger partial charge in [0.05, 0.1) is 23.5 Å². The molecule has 0 spiro atoms. The molecule has 1 aromatic carbocycles. The topological polar surface area (TPSA) is 69.0 Å². The zero-order valence-corrected chi connectivity index (χ0v) is 14.7. The smallest absolute Gasteiger partial charge is 0.255 e. The lowest BCUT2D eigenvalue weighted by atomic mass is 10.1. The minimum absolute atomic E-state index is 0.314. The van der Waals surface area contributed by atoms with E-state index in [0.717, 1.165) is 24.5 Å². The van der Waals surface area contributed by atoms with E-state index >= 15 is 0 Å². The van der Waals surface area contributed by atoms with Crippen molar-refractivity contribution < 1.29 is 4.79 Å². The summed E-state index contributed by atoms with van der Waals surface area (Å²) in [4.78, 5) is 19.4. The fraction of sp³-hybridized carbons (Fsp3) is 0.286. The number of amides is 1. The second-order valence-electron chi connectivity index (χ2n) is 6.42. The number of pyridine rings is 1. The normalized spacial score (nSPS) is 13.6. The van der Waals surface area contributed by atoms with E-state index in [1.165, 1.54) is 25.3 Å². The summed E-state index contributed by atoms with van der Waals surface area (Å²) in [6, 6.07) is 8.64. The maximum atomic E-state index is 12.5. The lowest BCUT2D eigenvalue weighted by Gasteiger charge is -2.29. The number of terminal acetylenes is 1. The molecule has 0 unspecified atom stereocenters. The van der Waals surface area contributed by atoms with E-state index in [2.05, 4.69) is 21.1 Å². The van der Waals surface area contributed by atoms with Crippen LogP contribution in [0.15, 0.2) is 30.5 Å². The Balaban J connectivity index is 1.79. The maximum absolute atomic E-state index is 12.5. The van der Waals surface area contributed by atoms with Gasteiger partial charge in [-0.1, -0.05) is 5.92 Å². The van der Waals surface area contributed by atoms with Crippen LogP contribution >= 0.6 is 0 Å². The molecule has 5 nitrogen and oxygen atoms in total. The first-order chi connectivity index (χ1) is 12.6. The molecule has 130 valence electrons. The first kappa shape index (κ1) is 17.5. The third-order valence-corrected chi connectivity index (χ3v) is 4.46. The van der Waals surface area contributed by atoms with Gasteiger partial charge in [0, 0.05) is 24.2 Å². The second kappa shape index (κ2) is 7.72. The molecule has 26 heavy (non-hydrogen) atoms. The SMILES string of the molecule is C#Cc1cc(C#N)cc(C(=O)Nc2cnc(N3CCCCC3)c(C)c2)c1. The largest absolute Gasteiger partial charge is 0.356 e. The molecule has 1 aliphatic rings. The summed E-state index contributed by atoms with van der Waals surface area (Å²) in [7, 11) is 0. The van der Waals surface area contributed by atoms with Gasteiger partial charge in [-0.15, -0.1) is 6.42 Å². The fourth-order valence-corrected chi connectivity index (χ4v) is 3.18. The van der Waals surface area contributed by atoms with Crippen LogP contribution in [0.1, 0.15) is 46.3 Å². The average Bonchev–Trinajstić information content (AvgIpc) is 2.68. The van der Waals surface area contributed by atoms with Crippen LogP contribution in [0.4, 0.5) is 11.5 Å². The second-order valence-corrected chi connectivity index (χ2v) is 6.42. The van der Waals surface area contributed by atoms with Crippen molar-refractivity contribution in [2.24, 2.45) is 0 Å². The molecular formula is C21H20N4O. The van der Waals surface area contributed by atoms with E-state index in [1.54, 1.807) is 18.3 Å². The Hall–Kier alpha value is -3.31. The lowest BCUT2D eigenvalue weighted by Crippen LogP contribution is -2.30. The molecule has 0 bridgehead atoms. The molecule has 0 aliphatic carbocycles. The Morgan fingerprint density at radius 1 is 1.19 bits per heavy atom. The van der Waals surface area contributed by atoms with Gasteiger partial charge in [0.1, 0.15) is 5.82 Å². The molecule has 3 rings (SSSR count). The Morgan fingerprint density at radius 3 is 2.58 bits per heavy atom. The van der Waals surface area contributed by atoms with Crippen LogP contribution in [-0.2, 0) is 0 Å². The zero-order valence-electron chi connectivity index (χ0n) is 14.7. The van der Waals surface area contributed by atoms with Gasteiger partial charge in [-0.2, -0.15) is 5.26 Å². The Kier molecular flexibility index (Phi) is 5.20. The Morgan fingerprint density at radius 2 is 1.92 bits per heavy atom. The highest BCUT2D eigenvalue weighted by Gasteiger charge is 2.15. The molecule has 0 saturated carbocycles. The van der Waals surface area contributed by atoms with Gasteiger partial charge < -0.3 is 10.2 Å². The van der Waals surface area contributed by atoms with Gasteiger partial charge in [0.15, 0.2) is 0 Å². The highest BCUT2D eigenvalue weighted by molar-refractivity contribution is 6.04. The molecule has 5 heteroatoms. The maximum Gasteiger partial charge on any atom is 0.255 e. The Bertz CT molecular complexity index is 882. The van der Waals surface area contributed by atoms with Crippen molar-refractivity contribution in [2.75, 3.05) is 23.3 Å².